The first-order chi connectivity index (χ1) is 9.56. The smallest absolute Gasteiger partial charge is 0.315 e. The van der Waals surface area contributed by atoms with Crippen LogP contribution in [0.15, 0.2) is 24.3 Å². The number of carbonyl (C=O) groups excluding carboxylic acids is 1. The Hall–Kier alpha value is -2.06. The monoisotopic (exact) mass is 275 g/mol. The van der Waals surface area contributed by atoms with Gasteiger partial charge in [-0.1, -0.05) is 26.0 Å². The molecule has 1 aromatic carbocycles. The molecule has 1 unspecified atom stereocenters. The van der Waals surface area contributed by atoms with Crippen molar-refractivity contribution in [3.8, 4) is 6.07 Å². The van der Waals surface area contributed by atoms with E-state index in [1.807, 2.05) is 19.9 Å². The number of hydrogen-bond donors (Lipinski definition) is 3. The fourth-order valence-electron chi connectivity index (χ4n) is 1.86. The summed E-state index contributed by atoms with van der Waals surface area (Å²) in [5, 5.41) is 23.4. The highest BCUT2D eigenvalue weighted by Crippen LogP contribution is 2.06. The minimum Gasteiger partial charge on any atom is -0.396 e. The second-order valence-electron chi connectivity index (χ2n) is 5.00. The molecule has 0 bridgehead atoms. The number of amides is 2. The van der Waals surface area contributed by atoms with E-state index in [1.165, 1.54) is 0 Å². The number of hydrogen-bond acceptors (Lipinski definition) is 3. The number of urea groups is 1. The van der Waals surface area contributed by atoms with Crippen LogP contribution in [0.5, 0.6) is 0 Å². The maximum absolute atomic E-state index is 11.8. The summed E-state index contributed by atoms with van der Waals surface area (Å²) in [6.45, 7) is 4.41. The third-order valence-corrected chi connectivity index (χ3v) is 3.07. The summed E-state index contributed by atoms with van der Waals surface area (Å²) >= 11 is 0. The van der Waals surface area contributed by atoms with Crippen LogP contribution in [0, 0.1) is 17.2 Å². The van der Waals surface area contributed by atoms with E-state index in [0.717, 1.165) is 5.56 Å². The van der Waals surface area contributed by atoms with Crippen molar-refractivity contribution in [2.24, 2.45) is 5.92 Å². The minimum absolute atomic E-state index is 0.0489. The predicted molar refractivity (Wildman–Crippen MR) is 76.9 cm³/mol. The molecule has 20 heavy (non-hydrogen) atoms. The van der Waals surface area contributed by atoms with Gasteiger partial charge in [0.25, 0.3) is 0 Å². The minimum atomic E-state index is -0.264. The van der Waals surface area contributed by atoms with Crippen LogP contribution in [0.4, 0.5) is 4.79 Å². The Kier molecular flexibility index (Phi) is 6.54. The van der Waals surface area contributed by atoms with Crippen molar-refractivity contribution in [3.05, 3.63) is 35.4 Å². The van der Waals surface area contributed by atoms with Gasteiger partial charge in [-0.2, -0.15) is 5.26 Å². The van der Waals surface area contributed by atoms with Gasteiger partial charge in [-0.15, -0.1) is 0 Å². The molecule has 0 saturated carbocycles. The summed E-state index contributed by atoms with van der Waals surface area (Å²) in [5.41, 5.74) is 1.45. The Labute approximate surface area is 119 Å². The summed E-state index contributed by atoms with van der Waals surface area (Å²) in [4.78, 5) is 11.8. The normalized spacial score (nSPS) is 11.8. The zero-order chi connectivity index (χ0) is 15.0. The molecule has 0 aromatic heterocycles. The van der Waals surface area contributed by atoms with Crippen molar-refractivity contribution >= 4 is 6.03 Å². The lowest BCUT2D eigenvalue weighted by Crippen LogP contribution is -2.44. The number of nitrogens with one attached hydrogen (secondary N) is 2. The molecule has 1 aromatic rings. The highest BCUT2D eigenvalue weighted by atomic mass is 16.3. The van der Waals surface area contributed by atoms with Gasteiger partial charge in [-0.3, -0.25) is 0 Å². The van der Waals surface area contributed by atoms with Crippen molar-refractivity contribution in [2.45, 2.75) is 32.9 Å². The SMILES string of the molecule is CC(C)C(CCO)NC(=O)NCc1cccc(C#N)c1. The molecule has 0 aliphatic rings. The van der Waals surface area contributed by atoms with Gasteiger partial charge in [-0.25, -0.2) is 4.79 Å². The highest BCUT2D eigenvalue weighted by molar-refractivity contribution is 5.74. The van der Waals surface area contributed by atoms with E-state index in [9.17, 15) is 4.79 Å². The van der Waals surface area contributed by atoms with E-state index in [2.05, 4.69) is 16.7 Å². The van der Waals surface area contributed by atoms with Crippen LogP contribution in [0.3, 0.4) is 0 Å². The zero-order valence-corrected chi connectivity index (χ0v) is 11.9. The van der Waals surface area contributed by atoms with E-state index in [0.29, 0.717) is 18.5 Å². The van der Waals surface area contributed by atoms with Crippen LogP contribution in [-0.2, 0) is 6.54 Å². The number of benzene rings is 1. The number of nitrogens with zero attached hydrogens (tertiary/aromatic N) is 1. The van der Waals surface area contributed by atoms with Gasteiger partial charge in [0.05, 0.1) is 11.6 Å². The van der Waals surface area contributed by atoms with Crippen molar-refractivity contribution < 1.29 is 9.90 Å². The second kappa shape index (κ2) is 8.18. The summed E-state index contributed by atoms with van der Waals surface area (Å²) in [7, 11) is 0. The van der Waals surface area contributed by atoms with E-state index in [4.69, 9.17) is 10.4 Å². The standard InChI is InChI=1S/C15H21N3O2/c1-11(2)14(6-7-19)18-15(20)17-10-13-5-3-4-12(8-13)9-16/h3-5,8,11,14,19H,6-7,10H2,1-2H3,(H2,17,18,20). The van der Waals surface area contributed by atoms with Gasteiger partial charge in [0.2, 0.25) is 0 Å². The van der Waals surface area contributed by atoms with E-state index >= 15 is 0 Å². The fourth-order valence-corrected chi connectivity index (χ4v) is 1.86. The van der Waals surface area contributed by atoms with Gasteiger partial charge >= 0.3 is 6.03 Å². The third-order valence-electron chi connectivity index (χ3n) is 3.07. The number of rotatable bonds is 6. The maximum atomic E-state index is 11.8. The van der Waals surface area contributed by atoms with Gasteiger partial charge in [-0.05, 0) is 30.0 Å². The molecule has 0 radical (unpaired) electrons. The molecule has 0 heterocycles. The third kappa shape index (κ3) is 5.29. The molecule has 0 fully saturated rings. The van der Waals surface area contributed by atoms with Crippen molar-refractivity contribution in [3.63, 3.8) is 0 Å². The zero-order valence-electron chi connectivity index (χ0n) is 11.9. The van der Waals surface area contributed by atoms with E-state index in [1.54, 1.807) is 18.2 Å². The molecular formula is C15H21N3O2. The lowest BCUT2D eigenvalue weighted by Gasteiger charge is -2.21. The van der Waals surface area contributed by atoms with Gasteiger partial charge < -0.3 is 15.7 Å². The van der Waals surface area contributed by atoms with Gasteiger partial charge in [0.1, 0.15) is 0 Å². The van der Waals surface area contributed by atoms with Crippen molar-refractivity contribution in [1.29, 1.82) is 5.26 Å². The number of aliphatic hydroxyl groups excluding tert-OH is 1. The van der Waals surface area contributed by atoms with Crippen LogP contribution in [0.25, 0.3) is 0 Å². The molecule has 0 saturated heterocycles. The van der Waals surface area contributed by atoms with Gasteiger partial charge in [0.15, 0.2) is 0 Å². The molecule has 1 atom stereocenters. The number of carbonyl (C=O) groups is 1. The second-order valence-corrected chi connectivity index (χ2v) is 5.00. The van der Waals surface area contributed by atoms with E-state index in [-0.39, 0.29) is 24.6 Å². The molecule has 1 rings (SSSR count). The van der Waals surface area contributed by atoms with Crippen LogP contribution in [-0.4, -0.2) is 23.8 Å². The number of aliphatic hydroxyl groups is 1. The molecule has 5 nitrogen and oxygen atoms in total. The first kappa shape index (κ1) is 16.0. The molecule has 0 aliphatic heterocycles. The molecule has 108 valence electrons. The lowest BCUT2D eigenvalue weighted by molar-refractivity contribution is 0.218. The highest BCUT2D eigenvalue weighted by Gasteiger charge is 2.15. The topological polar surface area (TPSA) is 85.2 Å². The summed E-state index contributed by atoms with van der Waals surface area (Å²) in [6, 6.07) is 8.86. The first-order valence-corrected chi connectivity index (χ1v) is 6.71. The van der Waals surface area contributed by atoms with Crippen molar-refractivity contribution in [1.82, 2.24) is 10.6 Å². The van der Waals surface area contributed by atoms with Crippen LogP contribution in [0.2, 0.25) is 0 Å². The maximum Gasteiger partial charge on any atom is 0.315 e. The van der Waals surface area contributed by atoms with E-state index < -0.39 is 0 Å². The van der Waals surface area contributed by atoms with Crippen LogP contribution < -0.4 is 10.6 Å². The van der Waals surface area contributed by atoms with Gasteiger partial charge in [0, 0.05) is 19.2 Å². The quantitative estimate of drug-likeness (QED) is 0.739. The van der Waals surface area contributed by atoms with Crippen LogP contribution >= 0.6 is 0 Å². The number of nitriles is 1. The Morgan fingerprint density at radius 2 is 2.20 bits per heavy atom. The Bertz CT molecular complexity index is 480. The molecule has 2 amide bonds. The fraction of sp³-hybridized carbons (Fsp3) is 0.467. The molecular weight excluding hydrogens is 254 g/mol. The molecule has 5 heteroatoms. The summed E-state index contributed by atoms with van der Waals surface area (Å²) < 4.78 is 0. The first-order valence-electron chi connectivity index (χ1n) is 6.71. The average molecular weight is 275 g/mol. The Balaban J connectivity index is 2.48. The summed E-state index contributed by atoms with van der Waals surface area (Å²) in [5.74, 6) is 0.259. The Morgan fingerprint density at radius 3 is 2.80 bits per heavy atom. The Morgan fingerprint density at radius 1 is 1.45 bits per heavy atom. The van der Waals surface area contributed by atoms with Crippen molar-refractivity contribution in [2.75, 3.05) is 6.61 Å². The molecule has 3 N–H and O–H groups in total. The lowest BCUT2D eigenvalue weighted by atomic mass is 10.0. The molecule has 0 spiro atoms. The summed E-state index contributed by atoms with van der Waals surface area (Å²) in [6.07, 6.45) is 0.537. The average Bonchev–Trinajstić information content (AvgIpc) is 2.44. The predicted octanol–water partition coefficient (Wildman–Crippen LogP) is 1.76. The molecule has 0 aliphatic carbocycles. The largest absolute Gasteiger partial charge is 0.396 e. The van der Waals surface area contributed by atoms with Crippen LogP contribution in [0.1, 0.15) is 31.4 Å².